The first kappa shape index (κ1) is 12.5. The van der Waals surface area contributed by atoms with Crippen LogP contribution in [0.4, 0.5) is 0 Å². The van der Waals surface area contributed by atoms with E-state index >= 15 is 0 Å². The van der Waals surface area contributed by atoms with Gasteiger partial charge < -0.3 is 10.6 Å². The number of likely N-dealkylation sites (N-methyl/N-ethyl adjacent to an activating group) is 2. The Morgan fingerprint density at radius 3 is 2.87 bits per heavy atom. The number of hydrogen-bond donors (Lipinski definition) is 2. The molecule has 1 rings (SSSR count). The third-order valence-electron chi connectivity index (χ3n) is 3.36. The molecule has 4 heteroatoms. The van der Waals surface area contributed by atoms with Crippen molar-refractivity contribution in [2.45, 2.75) is 38.3 Å². The molecule has 1 fully saturated rings. The molecule has 0 spiro atoms. The van der Waals surface area contributed by atoms with E-state index in [-0.39, 0.29) is 11.9 Å². The summed E-state index contributed by atoms with van der Waals surface area (Å²) in [4.78, 5) is 13.7. The summed E-state index contributed by atoms with van der Waals surface area (Å²) in [6, 6.07) is 0.505. The van der Waals surface area contributed by atoms with Crippen molar-refractivity contribution in [3.63, 3.8) is 0 Å². The Morgan fingerprint density at radius 2 is 2.20 bits per heavy atom. The number of amides is 1. The number of hydrogen-bond acceptors (Lipinski definition) is 3. The summed E-state index contributed by atoms with van der Waals surface area (Å²) < 4.78 is 0. The second kappa shape index (κ2) is 6.08. The van der Waals surface area contributed by atoms with Crippen LogP contribution in [-0.4, -0.2) is 50.1 Å². The SMILES string of the molecule is CNC(=O)C(C)N(C)C1CCCNCC1. The molecule has 0 aromatic heterocycles. The first-order valence-electron chi connectivity index (χ1n) is 5.81. The summed E-state index contributed by atoms with van der Waals surface area (Å²) >= 11 is 0. The number of carbonyl (C=O) groups is 1. The molecule has 88 valence electrons. The zero-order valence-corrected chi connectivity index (χ0v) is 10.0. The Morgan fingerprint density at radius 1 is 1.47 bits per heavy atom. The molecule has 1 saturated heterocycles. The molecule has 0 aliphatic carbocycles. The maximum absolute atomic E-state index is 11.5. The molecule has 0 saturated carbocycles. The normalized spacial score (nSPS) is 24.7. The average Bonchev–Trinajstić information content (AvgIpc) is 2.54. The monoisotopic (exact) mass is 213 g/mol. The largest absolute Gasteiger partial charge is 0.358 e. The van der Waals surface area contributed by atoms with Crippen LogP contribution < -0.4 is 10.6 Å². The number of carbonyl (C=O) groups excluding carboxylic acids is 1. The maximum Gasteiger partial charge on any atom is 0.236 e. The van der Waals surface area contributed by atoms with Gasteiger partial charge in [-0.2, -0.15) is 0 Å². The van der Waals surface area contributed by atoms with Crippen molar-refractivity contribution in [1.82, 2.24) is 15.5 Å². The van der Waals surface area contributed by atoms with Gasteiger partial charge in [-0.05, 0) is 46.3 Å². The first-order chi connectivity index (χ1) is 7.16. The molecular weight excluding hydrogens is 190 g/mol. The van der Waals surface area contributed by atoms with E-state index < -0.39 is 0 Å². The van der Waals surface area contributed by atoms with Gasteiger partial charge in [-0.15, -0.1) is 0 Å². The van der Waals surface area contributed by atoms with Gasteiger partial charge in [0, 0.05) is 13.1 Å². The molecule has 2 unspecified atom stereocenters. The lowest BCUT2D eigenvalue weighted by Crippen LogP contribution is -2.47. The van der Waals surface area contributed by atoms with E-state index in [4.69, 9.17) is 0 Å². The average molecular weight is 213 g/mol. The van der Waals surface area contributed by atoms with Crippen molar-refractivity contribution in [3.8, 4) is 0 Å². The summed E-state index contributed by atoms with van der Waals surface area (Å²) in [6.07, 6.45) is 3.53. The van der Waals surface area contributed by atoms with Gasteiger partial charge in [0.15, 0.2) is 0 Å². The predicted octanol–water partition coefficient (Wildman–Crippen LogP) is 0.195. The highest BCUT2D eigenvalue weighted by molar-refractivity contribution is 5.80. The molecule has 1 aliphatic heterocycles. The van der Waals surface area contributed by atoms with Crippen LogP contribution in [0.25, 0.3) is 0 Å². The highest BCUT2D eigenvalue weighted by Crippen LogP contribution is 2.14. The summed E-state index contributed by atoms with van der Waals surface area (Å²) in [5.74, 6) is 0.106. The van der Waals surface area contributed by atoms with E-state index in [1.54, 1.807) is 7.05 Å². The Bertz CT molecular complexity index is 200. The van der Waals surface area contributed by atoms with Crippen LogP contribution in [0.15, 0.2) is 0 Å². The van der Waals surface area contributed by atoms with E-state index in [9.17, 15) is 4.79 Å². The molecular formula is C11H23N3O. The molecule has 15 heavy (non-hydrogen) atoms. The molecule has 0 bridgehead atoms. The maximum atomic E-state index is 11.5. The van der Waals surface area contributed by atoms with Crippen LogP contribution in [0, 0.1) is 0 Å². The Labute approximate surface area is 92.4 Å². The molecule has 1 amide bonds. The Hall–Kier alpha value is -0.610. The molecule has 0 radical (unpaired) electrons. The molecule has 1 aliphatic rings. The van der Waals surface area contributed by atoms with Gasteiger partial charge in [-0.25, -0.2) is 0 Å². The van der Waals surface area contributed by atoms with Crippen molar-refractivity contribution in [2.75, 3.05) is 27.2 Å². The van der Waals surface area contributed by atoms with E-state index in [2.05, 4.69) is 22.6 Å². The topological polar surface area (TPSA) is 44.4 Å². The minimum absolute atomic E-state index is 0.0295. The zero-order chi connectivity index (χ0) is 11.3. The molecule has 0 aromatic rings. The van der Waals surface area contributed by atoms with Crippen molar-refractivity contribution in [1.29, 1.82) is 0 Å². The highest BCUT2D eigenvalue weighted by Gasteiger charge is 2.24. The predicted molar refractivity (Wildman–Crippen MR) is 61.8 cm³/mol. The van der Waals surface area contributed by atoms with Gasteiger partial charge in [0.25, 0.3) is 0 Å². The van der Waals surface area contributed by atoms with Crippen molar-refractivity contribution < 1.29 is 4.79 Å². The molecule has 0 aromatic carbocycles. The Kier molecular flexibility index (Phi) is 5.05. The minimum Gasteiger partial charge on any atom is -0.358 e. The number of nitrogens with zero attached hydrogens (tertiary/aromatic N) is 1. The van der Waals surface area contributed by atoms with E-state index in [0.29, 0.717) is 6.04 Å². The van der Waals surface area contributed by atoms with Gasteiger partial charge in [0.05, 0.1) is 6.04 Å². The van der Waals surface area contributed by atoms with Gasteiger partial charge in [0.2, 0.25) is 5.91 Å². The second-order valence-electron chi connectivity index (χ2n) is 4.29. The van der Waals surface area contributed by atoms with E-state index in [0.717, 1.165) is 19.5 Å². The fourth-order valence-corrected chi connectivity index (χ4v) is 2.12. The highest BCUT2D eigenvalue weighted by atomic mass is 16.2. The second-order valence-corrected chi connectivity index (χ2v) is 4.29. The quantitative estimate of drug-likeness (QED) is 0.703. The number of nitrogens with one attached hydrogen (secondary N) is 2. The molecule has 4 nitrogen and oxygen atoms in total. The lowest BCUT2D eigenvalue weighted by molar-refractivity contribution is -0.125. The zero-order valence-electron chi connectivity index (χ0n) is 10.0. The van der Waals surface area contributed by atoms with Crippen molar-refractivity contribution in [2.24, 2.45) is 0 Å². The fourth-order valence-electron chi connectivity index (χ4n) is 2.12. The molecule has 2 N–H and O–H groups in total. The number of rotatable bonds is 3. The van der Waals surface area contributed by atoms with Crippen LogP contribution in [-0.2, 0) is 4.79 Å². The van der Waals surface area contributed by atoms with Crippen LogP contribution in [0.2, 0.25) is 0 Å². The fraction of sp³-hybridized carbons (Fsp3) is 0.909. The van der Waals surface area contributed by atoms with Gasteiger partial charge in [-0.3, -0.25) is 9.69 Å². The Balaban J connectivity index is 2.49. The standard InChI is InChI=1S/C11H23N3O/c1-9(11(15)12-2)14(3)10-5-4-7-13-8-6-10/h9-10,13H,4-8H2,1-3H3,(H,12,15). The minimum atomic E-state index is -0.0295. The summed E-state index contributed by atoms with van der Waals surface area (Å²) in [6.45, 7) is 4.14. The summed E-state index contributed by atoms with van der Waals surface area (Å²) in [5, 5.41) is 6.09. The third kappa shape index (κ3) is 3.47. The van der Waals surface area contributed by atoms with E-state index in [1.165, 1.54) is 12.8 Å². The van der Waals surface area contributed by atoms with Crippen LogP contribution in [0.3, 0.4) is 0 Å². The molecule has 2 atom stereocenters. The van der Waals surface area contributed by atoms with Gasteiger partial charge >= 0.3 is 0 Å². The summed E-state index contributed by atoms with van der Waals surface area (Å²) in [7, 11) is 3.75. The smallest absolute Gasteiger partial charge is 0.236 e. The van der Waals surface area contributed by atoms with Crippen LogP contribution in [0.1, 0.15) is 26.2 Å². The first-order valence-corrected chi connectivity index (χ1v) is 5.81. The lowest BCUT2D eigenvalue weighted by Gasteiger charge is -2.31. The van der Waals surface area contributed by atoms with Crippen molar-refractivity contribution in [3.05, 3.63) is 0 Å². The van der Waals surface area contributed by atoms with Crippen LogP contribution >= 0.6 is 0 Å². The lowest BCUT2D eigenvalue weighted by atomic mass is 10.1. The third-order valence-corrected chi connectivity index (χ3v) is 3.36. The summed E-state index contributed by atoms with van der Waals surface area (Å²) in [5.41, 5.74) is 0. The van der Waals surface area contributed by atoms with Gasteiger partial charge in [-0.1, -0.05) is 0 Å². The van der Waals surface area contributed by atoms with E-state index in [1.807, 2.05) is 6.92 Å². The van der Waals surface area contributed by atoms with Gasteiger partial charge in [0.1, 0.15) is 0 Å². The van der Waals surface area contributed by atoms with Crippen LogP contribution in [0.5, 0.6) is 0 Å². The molecule has 1 heterocycles. The van der Waals surface area contributed by atoms with Crippen molar-refractivity contribution >= 4 is 5.91 Å².